The lowest BCUT2D eigenvalue weighted by molar-refractivity contribution is 0.381. The van der Waals surface area contributed by atoms with E-state index in [4.69, 9.17) is 0 Å². The number of hydrogen-bond donors (Lipinski definition) is 0. The van der Waals surface area contributed by atoms with Gasteiger partial charge < -0.3 is 9.13 Å². The summed E-state index contributed by atoms with van der Waals surface area (Å²) in [5.41, 5.74) is 3.73. The van der Waals surface area contributed by atoms with E-state index in [0.717, 1.165) is 45.0 Å². The van der Waals surface area contributed by atoms with Crippen LogP contribution in [0.3, 0.4) is 0 Å². The van der Waals surface area contributed by atoms with Crippen molar-refractivity contribution in [3.8, 4) is 28.6 Å². The van der Waals surface area contributed by atoms with E-state index in [-0.39, 0.29) is 16.8 Å². The van der Waals surface area contributed by atoms with Crippen molar-refractivity contribution in [2.24, 2.45) is 0 Å². The second-order valence-electron chi connectivity index (χ2n) is 11.0. The first-order chi connectivity index (χ1) is 22.4. The zero-order valence-electron chi connectivity index (χ0n) is 23.8. The number of nitrogens with zero attached hydrogens (tertiary/aromatic N) is 3. The van der Waals surface area contributed by atoms with Gasteiger partial charge in [-0.25, -0.2) is 22.0 Å². The lowest BCUT2D eigenvalue weighted by Crippen LogP contribution is -2.07. The fourth-order valence-corrected chi connectivity index (χ4v) is 6.60. The van der Waals surface area contributed by atoms with E-state index in [2.05, 4.69) is 47.1 Å². The van der Waals surface area contributed by atoms with Crippen LogP contribution < -0.4 is 0 Å². The van der Waals surface area contributed by atoms with Crippen LogP contribution in [-0.4, -0.2) is 9.13 Å². The molecule has 7 aromatic rings. The molecule has 0 spiro atoms. The summed E-state index contributed by atoms with van der Waals surface area (Å²) < 4.78 is 77.2. The summed E-state index contributed by atoms with van der Waals surface area (Å²) in [4.78, 5) is 0. The second kappa shape index (κ2) is 10.3. The maximum absolute atomic E-state index is 15.3. The van der Waals surface area contributed by atoms with Gasteiger partial charge in [-0.3, -0.25) is 0 Å². The van der Waals surface area contributed by atoms with Gasteiger partial charge in [-0.2, -0.15) is 5.26 Å². The number of allylic oxidation sites excluding steroid dienone is 2. The minimum absolute atomic E-state index is 0.000472. The van der Waals surface area contributed by atoms with E-state index in [1.54, 1.807) is 16.7 Å². The second-order valence-corrected chi connectivity index (χ2v) is 11.0. The van der Waals surface area contributed by atoms with Crippen LogP contribution in [0.5, 0.6) is 0 Å². The van der Waals surface area contributed by atoms with Crippen LogP contribution in [0.15, 0.2) is 97.1 Å². The van der Waals surface area contributed by atoms with E-state index in [0.29, 0.717) is 11.0 Å². The zero-order valence-corrected chi connectivity index (χ0v) is 23.8. The van der Waals surface area contributed by atoms with Crippen molar-refractivity contribution in [2.75, 3.05) is 0 Å². The van der Waals surface area contributed by atoms with Gasteiger partial charge in [0, 0.05) is 33.0 Å². The highest BCUT2D eigenvalue weighted by molar-refractivity contribution is 6.11. The molecule has 0 radical (unpaired) electrons. The molecule has 0 bridgehead atoms. The summed E-state index contributed by atoms with van der Waals surface area (Å²) in [6.45, 7) is 0. The third kappa shape index (κ3) is 3.81. The van der Waals surface area contributed by atoms with E-state index in [9.17, 15) is 18.4 Å². The smallest absolute Gasteiger partial charge is 0.200 e. The molecule has 5 aromatic carbocycles. The highest BCUT2D eigenvalue weighted by Gasteiger charge is 2.30. The van der Waals surface area contributed by atoms with Crippen molar-refractivity contribution >= 4 is 44.9 Å². The van der Waals surface area contributed by atoms with Crippen LogP contribution in [0, 0.1) is 40.4 Å². The Hall–Kier alpha value is -5.94. The monoisotopic (exact) mass is 613 g/mol. The maximum atomic E-state index is 15.3. The van der Waals surface area contributed by atoms with E-state index < -0.39 is 34.6 Å². The van der Waals surface area contributed by atoms with Crippen molar-refractivity contribution in [1.29, 1.82) is 5.26 Å². The molecule has 0 fully saturated rings. The van der Waals surface area contributed by atoms with Crippen LogP contribution in [0.4, 0.5) is 22.0 Å². The van der Waals surface area contributed by atoms with Gasteiger partial charge in [-0.1, -0.05) is 66.8 Å². The predicted molar refractivity (Wildman–Crippen MR) is 170 cm³/mol. The van der Waals surface area contributed by atoms with Crippen molar-refractivity contribution in [3.05, 3.63) is 143 Å². The zero-order chi connectivity index (χ0) is 31.7. The lowest BCUT2D eigenvalue weighted by Gasteiger charge is -2.17. The third-order valence-electron chi connectivity index (χ3n) is 8.56. The summed E-state index contributed by atoms with van der Waals surface area (Å²) in [6, 6.07) is 27.3. The van der Waals surface area contributed by atoms with Gasteiger partial charge in [-0.05, 0) is 48.9 Å². The van der Waals surface area contributed by atoms with Gasteiger partial charge in [0.2, 0.25) is 5.82 Å². The highest BCUT2D eigenvalue weighted by Crippen LogP contribution is 2.42. The van der Waals surface area contributed by atoms with Gasteiger partial charge in [0.25, 0.3) is 0 Å². The summed E-state index contributed by atoms with van der Waals surface area (Å²) in [6.07, 6.45) is 9.24. The van der Waals surface area contributed by atoms with Crippen molar-refractivity contribution in [3.63, 3.8) is 0 Å². The Balaban J connectivity index is 1.46. The fraction of sp³-hybridized carbons (Fsp3) is 0.0263. The molecule has 2 heterocycles. The molecule has 0 saturated carbocycles. The van der Waals surface area contributed by atoms with Gasteiger partial charge in [-0.15, -0.1) is 0 Å². The number of hydrogen-bond acceptors (Lipinski definition) is 1. The predicted octanol–water partition coefficient (Wildman–Crippen LogP) is 10.4. The quantitative estimate of drug-likeness (QED) is 0.111. The first-order valence-electron chi connectivity index (χ1n) is 14.5. The number of fused-ring (bicyclic) bond motifs is 6. The molecule has 8 rings (SSSR count). The van der Waals surface area contributed by atoms with Crippen LogP contribution in [0.25, 0.3) is 67.4 Å². The average molecular weight is 614 g/mol. The topological polar surface area (TPSA) is 33.6 Å². The van der Waals surface area contributed by atoms with E-state index in [1.807, 2.05) is 42.5 Å². The van der Waals surface area contributed by atoms with Gasteiger partial charge in [0.15, 0.2) is 23.3 Å². The number of benzene rings is 5. The van der Waals surface area contributed by atoms with Crippen molar-refractivity contribution in [2.45, 2.75) is 6.42 Å². The van der Waals surface area contributed by atoms with Crippen LogP contribution >= 0.6 is 0 Å². The molecule has 0 unspecified atom stereocenters. The average Bonchev–Trinajstić information content (AvgIpc) is 3.45. The Kier molecular flexibility index (Phi) is 6.19. The molecule has 1 aliphatic rings. The van der Waals surface area contributed by atoms with Crippen molar-refractivity contribution in [1.82, 2.24) is 9.13 Å². The molecule has 3 nitrogen and oxygen atoms in total. The summed E-state index contributed by atoms with van der Waals surface area (Å²) in [5.74, 6) is -10.3. The molecule has 46 heavy (non-hydrogen) atoms. The highest BCUT2D eigenvalue weighted by atomic mass is 19.2. The van der Waals surface area contributed by atoms with Gasteiger partial charge in [0.1, 0.15) is 6.07 Å². The van der Waals surface area contributed by atoms with Crippen LogP contribution in [0.1, 0.15) is 23.2 Å². The standard InChI is InChI=1S/C38H20F5N3/c39-33-32(34(40)36(42)37(43)35(33)41)26-13-8-9-21(20-44)38(26)46-30-16-7-5-12-25(30)27-19-22(17-18-31(27)46)45-28-14-3-1-2-10-23(28)24-11-4-6-15-29(24)45/h2-19H,1H2. The van der Waals surface area contributed by atoms with Crippen molar-refractivity contribution < 1.29 is 22.0 Å². The number of nitriles is 1. The minimum atomic E-state index is -2.25. The molecule has 222 valence electrons. The van der Waals surface area contributed by atoms with E-state index >= 15 is 8.78 Å². The number of para-hydroxylation sites is 3. The molecular weight excluding hydrogens is 593 g/mol. The first-order valence-corrected chi connectivity index (χ1v) is 14.5. The van der Waals surface area contributed by atoms with Gasteiger partial charge >= 0.3 is 0 Å². The SMILES string of the molecule is N#Cc1cccc(-c2c(F)c(F)c(F)c(F)c2F)c1-n1c2ccccc2c2cc(-n3c4c(c5ccccc53)C=CCC=C4)ccc21. The Labute approximate surface area is 259 Å². The molecular formula is C38H20F5N3. The number of aromatic nitrogens is 2. The normalized spacial score (nSPS) is 12.6. The minimum Gasteiger partial charge on any atom is -0.309 e. The molecule has 0 N–H and O–H groups in total. The largest absolute Gasteiger partial charge is 0.309 e. The first kappa shape index (κ1) is 27.6. The molecule has 0 amide bonds. The summed E-state index contributed by atoms with van der Waals surface area (Å²) >= 11 is 0. The Morgan fingerprint density at radius 3 is 1.96 bits per heavy atom. The number of halogens is 5. The third-order valence-corrected chi connectivity index (χ3v) is 8.56. The lowest BCUT2D eigenvalue weighted by atomic mass is 9.98. The van der Waals surface area contributed by atoms with Crippen LogP contribution in [0.2, 0.25) is 0 Å². The fourth-order valence-electron chi connectivity index (χ4n) is 6.60. The van der Waals surface area contributed by atoms with Gasteiger partial charge in [0.05, 0.1) is 39.1 Å². The van der Waals surface area contributed by atoms with Crippen LogP contribution in [-0.2, 0) is 0 Å². The number of rotatable bonds is 3. The molecule has 0 atom stereocenters. The molecule has 1 aliphatic carbocycles. The maximum Gasteiger partial charge on any atom is 0.200 e. The summed E-state index contributed by atoms with van der Waals surface area (Å²) in [5, 5.41) is 12.8. The Morgan fingerprint density at radius 2 is 1.22 bits per heavy atom. The molecule has 0 saturated heterocycles. The summed E-state index contributed by atoms with van der Waals surface area (Å²) in [7, 11) is 0. The molecule has 2 aromatic heterocycles. The molecule has 0 aliphatic heterocycles. The Bertz CT molecular complexity index is 2500. The van der Waals surface area contributed by atoms with E-state index in [1.165, 1.54) is 18.2 Å². The Morgan fingerprint density at radius 1 is 0.587 bits per heavy atom. The molecule has 8 heteroatoms.